The molecule has 0 aromatic carbocycles. The van der Waals surface area contributed by atoms with E-state index in [2.05, 4.69) is 15.4 Å². The van der Waals surface area contributed by atoms with E-state index in [1.807, 2.05) is 24.7 Å². The van der Waals surface area contributed by atoms with Crippen molar-refractivity contribution in [2.45, 2.75) is 39.7 Å². The minimum Gasteiger partial charge on any atom is -0.318 e. The van der Waals surface area contributed by atoms with Crippen molar-refractivity contribution in [1.29, 1.82) is 0 Å². The molecule has 0 aliphatic heterocycles. The standard InChI is InChI=1S/C14H18N4OS/c1-9-13(16-10(2)20-9)14(19)17-12-6-15-18(8-12)7-11-4-3-5-11/h6,8,11H,3-5,7H2,1-2H3,(H,17,19). The molecular weight excluding hydrogens is 272 g/mol. The van der Waals surface area contributed by atoms with Gasteiger partial charge in [0.1, 0.15) is 5.69 Å². The average Bonchev–Trinajstić information content (AvgIpc) is 2.91. The first-order valence-electron chi connectivity index (χ1n) is 6.89. The summed E-state index contributed by atoms with van der Waals surface area (Å²) in [7, 11) is 0. The molecular formula is C14H18N4OS. The number of nitrogens with zero attached hydrogens (tertiary/aromatic N) is 3. The highest BCUT2D eigenvalue weighted by molar-refractivity contribution is 7.11. The third kappa shape index (κ3) is 2.75. The quantitative estimate of drug-likeness (QED) is 0.941. The molecule has 1 N–H and O–H groups in total. The highest BCUT2D eigenvalue weighted by Gasteiger charge is 2.19. The molecule has 0 saturated heterocycles. The molecule has 0 spiro atoms. The Morgan fingerprint density at radius 2 is 2.30 bits per heavy atom. The fourth-order valence-corrected chi connectivity index (χ4v) is 3.21. The molecule has 0 atom stereocenters. The first-order valence-corrected chi connectivity index (χ1v) is 7.71. The zero-order valence-corrected chi connectivity index (χ0v) is 12.5. The summed E-state index contributed by atoms with van der Waals surface area (Å²) in [6.45, 7) is 4.77. The summed E-state index contributed by atoms with van der Waals surface area (Å²) >= 11 is 1.54. The topological polar surface area (TPSA) is 59.8 Å². The fraction of sp³-hybridized carbons (Fsp3) is 0.500. The molecule has 20 heavy (non-hydrogen) atoms. The first kappa shape index (κ1) is 13.3. The summed E-state index contributed by atoms with van der Waals surface area (Å²) in [5.74, 6) is 0.594. The second-order valence-electron chi connectivity index (χ2n) is 5.34. The Hall–Kier alpha value is -1.69. The average molecular weight is 290 g/mol. The highest BCUT2D eigenvalue weighted by atomic mass is 32.1. The highest BCUT2D eigenvalue weighted by Crippen LogP contribution is 2.27. The van der Waals surface area contributed by atoms with Gasteiger partial charge in [-0.2, -0.15) is 5.10 Å². The number of aryl methyl sites for hydroxylation is 2. The Morgan fingerprint density at radius 3 is 2.90 bits per heavy atom. The van der Waals surface area contributed by atoms with E-state index < -0.39 is 0 Å². The first-order chi connectivity index (χ1) is 9.61. The largest absolute Gasteiger partial charge is 0.318 e. The Labute approximate surface area is 122 Å². The molecule has 0 radical (unpaired) electrons. The molecule has 0 bridgehead atoms. The molecule has 2 aromatic rings. The van der Waals surface area contributed by atoms with Crippen LogP contribution in [0.3, 0.4) is 0 Å². The van der Waals surface area contributed by atoms with Crippen LogP contribution < -0.4 is 5.32 Å². The number of anilines is 1. The Balaban J connectivity index is 1.65. The van der Waals surface area contributed by atoms with Crippen molar-refractivity contribution in [1.82, 2.24) is 14.8 Å². The summed E-state index contributed by atoms with van der Waals surface area (Å²) < 4.78 is 1.92. The van der Waals surface area contributed by atoms with Gasteiger partial charge < -0.3 is 5.32 Å². The van der Waals surface area contributed by atoms with Crippen LogP contribution in [-0.4, -0.2) is 20.7 Å². The van der Waals surface area contributed by atoms with E-state index >= 15 is 0 Å². The van der Waals surface area contributed by atoms with Crippen molar-refractivity contribution in [2.75, 3.05) is 5.32 Å². The van der Waals surface area contributed by atoms with Crippen LogP contribution in [0.15, 0.2) is 12.4 Å². The maximum absolute atomic E-state index is 12.1. The minimum atomic E-state index is -0.157. The zero-order valence-electron chi connectivity index (χ0n) is 11.7. The van der Waals surface area contributed by atoms with E-state index in [0.29, 0.717) is 5.69 Å². The summed E-state index contributed by atoms with van der Waals surface area (Å²) in [5.41, 5.74) is 1.25. The predicted octanol–water partition coefficient (Wildman–Crippen LogP) is 3.01. The van der Waals surface area contributed by atoms with Crippen LogP contribution in [0.1, 0.15) is 39.6 Å². The maximum Gasteiger partial charge on any atom is 0.275 e. The molecule has 1 amide bonds. The summed E-state index contributed by atoms with van der Waals surface area (Å²) in [5, 5.41) is 8.07. The van der Waals surface area contributed by atoms with E-state index in [1.165, 1.54) is 30.6 Å². The number of thiazole rings is 1. The number of rotatable bonds is 4. The van der Waals surface area contributed by atoms with Gasteiger partial charge in [-0.05, 0) is 32.6 Å². The summed E-state index contributed by atoms with van der Waals surface area (Å²) in [6, 6.07) is 0. The van der Waals surface area contributed by atoms with Gasteiger partial charge in [-0.3, -0.25) is 9.48 Å². The summed E-state index contributed by atoms with van der Waals surface area (Å²) in [4.78, 5) is 17.4. The molecule has 2 aromatic heterocycles. The van der Waals surface area contributed by atoms with Gasteiger partial charge in [-0.1, -0.05) is 6.42 Å². The van der Waals surface area contributed by atoms with Crippen LogP contribution in [0.4, 0.5) is 5.69 Å². The molecule has 1 aliphatic carbocycles. The summed E-state index contributed by atoms with van der Waals surface area (Å²) in [6.07, 6.45) is 7.51. The van der Waals surface area contributed by atoms with Gasteiger partial charge in [-0.15, -0.1) is 11.3 Å². The van der Waals surface area contributed by atoms with Gasteiger partial charge in [-0.25, -0.2) is 4.98 Å². The van der Waals surface area contributed by atoms with Crippen molar-refractivity contribution in [3.63, 3.8) is 0 Å². The number of aromatic nitrogens is 3. The van der Waals surface area contributed by atoms with Crippen molar-refractivity contribution in [2.24, 2.45) is 5.92 Å². The number of amides is 1. The SMILES string of the molecule is Cc1nc(C(=O)Nc2cnn(CC3CCC3)c2)c(C)s1. The molecule has 106 valence electrons. The number of carbonyl (C=O) groups is 1. The van der Waals surface area contributed by atoms with Crippen LogP contribution in [-0.2, 0) is 6.54 Å². The molecule has 6 heteroatoms. The lowest BCUT2D eigenvalue weighted by Crippen LogP contribution is -2.18. The number of nitrogens with one attached hydrogen (secondary N) is 1. The van der Waals surface area contributed by atoms with E-state index in [4.69, 9.17) is 0 Å². The van der Waals surface area contributed by atoms with Crippen molar-refractivity contribution in [3.05, 3.63) is 28.0 Å². The van der Waals surface area contributed by atoms with E-state index in [9.17, 15) is 4.79 Å². The van der Waals surface area contributed by atoms with E-state index in [1.54, 1.807) is 6.20 Å². The molecule has 1 aliphatic rings. The van der Waals surface area contributed by atoms with Crippen LogP contribution >= 0.6 is 11.3 Å². The number of hydrogen-bond donors (Lipinski definition) is 1. The maximum atomic E-state index is 12.1. The van der Waals surface area contributed by atoms with Gasteiger partial charge in [0.05, 0.1) is 16.9 Å². The predicted molar refractivity (Wildman–Crippen MR) is 79.1 cm³/mol. The lowest BCUT2D eigenvalue weighted by Gasteiger charge is -2.24. The van der Waals surface area contributed by atoms with E-state index in [0.717, 1.165) is 28.0 Å². The van der Waals surface area contributed by atoms with Crippen LogP contribution in [0.5, 0.6) is 0 Å². The normalized spacial score (nSPS) is 15.1. The van der Waals surface area contributed by atoms with Crippen molar-refractivity contribution in [3.8, 4) is 0 Å². The van der Waals surface area contributed by atoms with Crippen LogP contribution in [0, 0.1) is 19.8 Å². The molecule has 1 fully saturated rings. The van der Waals surface area contributed by atoms with Gasteiger partial charge in [0.2, 0.25) is 0 Å². The van der Waals surface area contributed by atoms with E-state index in [-0.39, 0.29) is 5.91 Å². The Bertz CT molecular complexity index is 627. The lowest BCUT2D eigenvalue weighted by molar-refractivity contribution is 0.102. The van der Waals surface area contributed by atoms with Crippen molar-refractivity contribution >= 4 is 22.9 Å². The number of hydrogen-bond acceptors (Lipinski definition) is 4. The molecule has 1 saturated carbocycles. The van der Waals surface area contributed by atoms with Crippen LogP contribution in [0.2, 0.25) is 0 Å². The van der Waals surface area contributed by atoms with Gasteiger partial charge in [0.15, 0.2) is 0 Å². The minimum absolute atomic E-state index is 0.157. The molecule has 3 rings (SSSR count). The third-order valence-electron chi connectivity index (χ3n) is 3.68. The number of carbonyl (C=O) groups excluding carboxylic acids is 1. The smallest absolute Gasteiger partial charge is 0.275 e. The van der Waals surface area contributed by atoms with Gasteiger partial charge in [0, 0.05) is 17.6 Å². The third-order valence-corrected chi connectivity index (χ3v) is 4.57. The Morgan fingerprint density at radius 1 is 1.50 bits per heavy atom. The fourth-order valence-electron chi connectivity index (χ4n) is 2.40. The zero-order chi connectivity index (χ0) is 14.1. The van der Waals surface area contributed by atoms with Gasteiger partial charge >= 0.3 is 0 Å². The second kappa shape index (κ2) is 5.36. The van der Waals surface area contributed by atoms with Gasteiger partial charge in [0.25, 0.3) is 5.91 Å². The molecule has 0 unspecified atom stereocenters. The monoisotopic (exact) mass is 290 g/mol. The molecule has 2 heterocycles. The van der Waals surface area contributed by atoms with Crippen LogP contribution in [0.25, 0.3) is 0 Å². The lowest BCUT2D eigenvalue weighted by atomic mass is 9.85. The molecule has 5 nitrogen and oxygen atoms in total. The second-order valence-corrected chi connectivity index (χ2v) is 6.75. The Kier molecular flexibility index (Phi) is 3.56. The van der Waals surface area contributed by atoms with Crippen molar-refractivity contribution < 1.29 is 4.79 Å².